The van der Waals surface area contributed by atoms with Crippen LogP contribution in [0.2, 0.25) is 0 Å². The molecule has 198 valence electrons. The SMILES string of the molecule is c1ccc(-c2cc(-c3ccccc3)nc(-n3c4cc5c(cc4c4cc6c(cc43)sc3cc4c(cc36)CC4)CC5)n2)cc1. The average molecular weight is 556 g/mol. The fourth-order valence-corrected chi connectivity index (χ4v) is 8.10. The number of aromatic nitrogens is 3. The van der Waals surface area contributed by atoms with Crippen LogP contribution in [0, 0.1) is 0 Å². The standard InChI is InChI=1S/C38H25N3S/c1-3-7-22(8-4-1)32-20-33(23-9-5-2-6-10-23)40-38(39-32)41-34-17-26-13-11-24(26)15-28(34)29-19-31-30-16-25-12-14-27(25)18-36(30)42-37(31)21-35(29)41/h1-10,15-21H,11-14H2. The zero-order chi connectivity index (χ0) is 27.4. The molecule has 4 heteroatoms. The summed E-state index contributed by atoms with van der Waals surface area (Å²) >= 11 is 1.91. The summed E-state index contributed by atoms with van der Waals surface area (Å²) < 4.78 is 5.04. The molecule has 0 bridgehead atoms. The minimum Gasteiger partial charge on any atom is -0.278 e. The molecule has 0 saturated heterocycles. The Balaban J connectivity index is 1.31. The van der Waals surface area contributed by atoms with Crippen molar-refractivity contribution in [1.82, 2.24) is 14.5 Å². The highest BCUT2D eigenvalue weighted by Gasteiger charge is 2.23. The van der Waals surface area contributed by atoms with Gasteiger partial charge in [0, 0.05) is 42.1 Å². The first-order valence-electron chi connectivity index (χ1n) is 14.8. The van der Waals surface area contributed by atoms with E-state index in [9.17, 15) is 0 Å². The van der Waals surface area contributed by atoms with Gasteiger partial charge in [-0.3, -0.25) is 4.57 Å². The zero-order valence-electron chi connectivity index (χ0n) is 22.9. The second kappa shape index (κ2) is 8.37. The Hall–Kier alpha value is -4.80. The maximum absolute atomic E-state index is 5.25. The Kier molecular flexibility index (Phi) is 4.55. The van der Waals surface area contributed by atoms with Gasteiger partial charge in [0.05, 0.1) is 22.4 Å². The van der Waals surface area contributed by atoms with Crippen LogP contribution in [0.25, 0.3) is 70.4 Å². The molecule has 3 heterocycles. The van der Waals surface area contributed by atoms with Crippen LogP contribution >= 0.6 is 11.3 Å². The van der Waals surface area contributed by atoms with Crippen LogP contribution in [-0.4, -0.2) is 14.5 Å². The van der Waals surface area contributed by atoms with E-state index in [0.717, 1.165) is 41.3 Å². The third-order valence-electron chi connectivity index (χ3n) is 9.38. The Labute approximate surface area is 246 Å². The summed E-state index contributed by atoms with van der Waals surface area (Å²) in [5, 5.41) is 5.34. The van der Waals surface area contributed by atoms with Gasteiger partial charge in [0.25, 0.3) is 0 Å². The number of rotatable bonds is 3. The number of thiophene rings is 1. The molecule has 0 saturated carbocycles. The van der Waals surface area contributed by atoms with Gasteiger partial charge in [-0.05, 0) is 90.4 Å². The molecule has 0 aliphatic heterocycles. The molecule has 2 aliphatic carbocycles. The lowest BCUT2D eigenvalue weighted by Crippen LogP contribution is -2.09. The number of fused-ring (bicyclic) bond motifs is 8. The quantitative estimate of drug-likeness (QED) is 0.217. The van der Waals surface area contributed by atoms with Crippen LogP contribution in [0.4, 0.5) is 0 Å². The molecule has 2 aliphatic rings. The van der Waals surface area contributed by atoms with Crippen molar-refractivity contribution in [1.29, 1.82) is 0 Å². The van der Waals surface area contributed by atoms with Crippen molar-refractivity contribution in [2.45, 2.75) is 25.7 Å². The Morgan fingerprint density at radius 3 is 1.62 bits per heavy atom. The van der Waals surface area contributed by atoms with Gasteiger partial charge in [0.15, 0.2) is 0 Å². The molecule has 0 spiro atoms. The smallest absolute Gasteiger partial charge is 0.235 e. The lowest BCUT2D eigenvalue weighted by atomic mass is 9.87. The van der Waals surface area contributed by atoms with Crippen molar-refractivity contribution in [3.05, 3.63) is 125 Å². The number of hydrogen-bond acceptors (Lipinski definition) is 3. The molecule has 0 unspecified atom stereocenters. The molecule has 10 rings (SSSR count). The Morgan fingerprint density at radius 1 is 0.476 bits per heavy atom. The number of aryl methyl sites for hydroxylation is 4. The summed E-state index contributed by atoms with van der Waals surface area (Å²) in [5.41, 5.74) is 12.4. The van der Waals surface area contributed by atoms with E-state index in [1.165, 1.54) is 77.1 Å². The molecule has 3 nitrogen and oxygen atoms in total. The first kappa shape index (κ1) is 22.8. The Morgan fingerprint density at radius 2 is 0.976 bits per heavy atom. The summed E-state index contributed by atoms with van der Waals surface area (Å²) in [4.78, 5) is 10.5. The summed E-state index contributed by atoms with van der Waals surface area (Å²) in [6.45, 7) is 0. The van der Waals surface area contributed by atoms with E-state index in [-0.39, 0.29) is 0 Å². The van der Waals surface area contributed by atoms with Crippen LogP contribution < -0.4 is 0 Å². The second-order valence-electron chi connectivity index (χ2n) is 11.7. The van der Waals surface area contributed by atoms with Gasteiger partial charge >= 0.3 is 0 Å². The van der Waals surface area contributed by atoms with Crippen molar-refractivity contribution >= 4 is 53.3 Å². The maximum Gasteiger partial charge on any atom is 0.235 e. The van der Waals surface area contributed by atoms with Gasteiger partial charge in [-0.25, -0.2) is 9.97 Å². The third kappa shape index (κ3) is 3.21. The lowest BCUT2D eigenvalue weighted by molar-refractivity contribution is 0.842. The maximum atomic E-state index is 5.25. The number of hydrogen-bond donors (Lipinski definition) is 0. The molecular weight excluding hydrogens is 531 g/mol. The molecule has 42 heavy (non-hydrogen) atoms. The zero-order valence-corrected chi connectivity index (χ0v) is 23.7. The third-order valence-corrected chi connectivity index (χ3v) is 10.5. The van der Waals surface area contributed by atoms with Gasteiger partial charge in [0.1, 0.15) is 0 Å². The summed E-state index contributed by atoms with van der Waals surface area (Å²) in [5.74, 6) is 0.720. The van der Waals surface area contributed by atoms with Crippen LogP contribution in [-0.2, 0) is 25.7 Å². The van der Waals surface area contributed by atoms with Gasteiger partial charge in [-0.2, -0.15) is 0 Å². The van der Waals surface area contributed by atoms with Crippen molar-refractivity contribution in [2.24, 2.45) is 0 Å². The van der Waals surface area contributed by atoms with Crippen LogP contribution in [0.1, 0.15) is 22.3 Å². The van der Waals surface area contributed by atoms with E-state index < -0.39 is 0 Å². The van der Waals surface area contributed by atoms with E-state index in [1.54, 1.807) is 0 Å². The topological polar surface area (TPSA) is 30.7 Å². The number of benzene rings is 5. The molecule has 0 atom stereocenters. The second-order valence-corrected chi connectivity index (χ2v) is 12.8. The van der Waals surface area contributed by atoms with E-state index in [0.29, 0.717) is 0 Å². The first-order valence-corrected chi connectivity index (χ1v) is 15.6. The molecule has 0 fully saturated rings. The summed E-state index contributed by atoms with van der Waals surface area (Å²) in [6.07, 6.45) is 4.71. The highest BCUT2D eigenvalue weighted by molar-refractivity contribution is 7.25. The highest BCUT2D eigenvalue weighted by atomic mass is 32.1. The summed E-state index contributed by atoms with van der Waals surface area (Å²) in [7, 11) is 0. The van der Waals surface area contributed by atoms with Crippen molar-refractivity contribution in [3.8, 4) is 28.5 Å². The molecule has 0 N–H and O–H groups in total. The number of nitrogens with zero attached hydrogens (tertiary/aromatic N) is 3. The van der Waals surface area contributed by atoms with E-state index >= 15 is 0 Å². The van der Waals surface area contributed by atoms with Crippen LogP contribution in [0.15, 0.2) is 103 Å². The van der Waals surface area contributed by atoms with Gasteiger partial charge in [-0.15, -0.1) is 11.3 Å². The monoisotopic (exact) mass is 555 g/mol. The normalized spacial score (nSPS) is 13.8. The van der Waals surface area contributed by atoms with Crippen molar-refractivity contribution in [3.63, 3.8) is 0 Å². The highest BCUT2D eigenvalue weighted by Crippen LogP contribution is 2.44. The van der Waals surface area contributed by atoms with Gasteiger partial charge in [0.2, 0.25) is 5.95 Å². The average Bonchev–Trinajstić information content (AvgIpc) is 3.52. The molecular formula is C38H25N3S. The van der Waals surface area contributed by atoms with E-state index in [4.69, 9.17) is 9.97 Å². The van der Waals surface area contributed by atoms with E-state index in [1.807, 2.05) is 11.3 Å². The van der Waals surface area contributed by atoms with E-state index in [2.05, 4.69) is 108 Å². The van der Waals surface area contributed by atoms with Crippen LogP contribution in [0.5, 0.6) is 0 Å². The molecule has 3 aromatic heterocycles. The summed E-state index contributed by atoms with van der Waals surface area (Å²) in [6, 6.07) is 37.6. The molecule has 0 radical (unpaired) electrons. The minimum atomic E-state index is 0.720. The molecule has 0 amide bonds. The minimum absolute atomic E-state index is 0.720. The fraction of sp³-hybridized carbons (Fsp3) is 0.105. The predicted molar refractivity (Wildman–Crippen MR) is 175 cm³/mol. The molecule has 5 aromatic carbocycles. The van der Waals surface area contributed by atoms with Crippen molar-refractivity contribution in [2.75, 3.05) is 0 Å². The van der Waals surface area contributed by atoms with Crippen molar-refractivity contribution < 1.29 is 0 Å². The van der Waals surface area contributed by atoms with Gasteiger partial charge < -0.3 is 0 Å². The first-order chi connectivity index (χ1) is 20.8. The largest absolute Gasteiger partial charge is 0.278 e. The lowest BCUT2D eigenvalue weighted by Gasteiger charge is -2.19. The molecule has 8 aromatic rings. The fourth-order valence-electron chi connectivity index (χ4n) is 6.93. The Bertz CT molecular complexity index is 2340. The van der Waals surface area contributed by atoms with Crippen LogP contribution in [0.3, 0.4) is 0 Å². The van der Waals surface area contributed by atoms with Gasteiger partial charge in [-0.1, -0.05) is 60.7 Å². The predicted octanol–water partition coefficient (Wildman–Crippen LogP) is 9.47.